The summed E-state index contributed by atoms with van der Waals surface area (Å²) >= 11 is 0. The van der Waals surface area contributed by atoms with E-state index in [0.717, 1.165) is 70.8 Å². The molecule has 0 radical (unpaired) electrons. The summed E-state index contributed by atoms with van der Waals surface area (Å²) in [7, 11) is 4.40. The number of nitrogens with zero attached hydrogens (tertiary/aromatic N) is 7. The van der Waals surface area contributed by atoms with Gasteiger partial charge in [-0.3, -0.25) is 9.89 Å². The van der Waals surface area contributed by atoms with Crippen LogP contribution in [0, 0.1) is 0 Å². The number of nitrogens with one attached hydrogen (secondary N) is 1. The van der Waals surface area contributed by atoms with E-state index in [-0.39, 0.29) is 24.0 Å². The van der Waals surface area contributed by atoms with Crippen LogP contribution in [0.3, 0.4) is 0 Å². The Hall–Kier alpha value is -1.20. The number of aliphatic imine (C=N–C) groups is 1. The van der Waals surface area contributed by atoms with Gasteiger partial charge in [-0.2, -0.15) is 0 Å². The van der Waals surface area contributed by atoms with Crippen LogP contribution in [0.4, 0.5) is 5.95 Å². The second-order valence-electron chi connectivity index (χ2n) is 7.11. The minimum Gasteiger partial charge on any atom is -0.357 e. The van der Waals surface area contributed by atoms with Crippen LogP contribution >= 0.6 is 24.0 Å². The first kappa shape index (κ1) is 22.1. The molecule has 152 valence electrons. The fourth-order valence-corrected chi connectivity index (χ4v) is 3.49. The van der Waals surface area contributed by atoms with Crippen LogP contribution in [0.15, 0.2) is 23.5 Å². The highest BCUT2D eigenvalue weighted by Gasteiger charge is 2.24. The monoisotopic (exact) mass is 488 g/mol. The molecular formula is C18H33IN8. The number of hydrogen-bond donors (Lipinski definition) is 1. The summed E-state index contributed by atoms with van der Waals surface area (Å²) in [4.78, 5) is 23.1. The second kappa shape index (κ2) is 11.0. The van der Waals surface area contributed by atoms with Crippen molar-refractivity contribution in [3.63, 3.8) is 0 Å². The topological polar surface area (TPSA) is 63.1 Å². The zero-order chi connectivity index (χ0) is 18.4. The molecule has 2 saturated heterocycles. The third kappa shape index (κ3) is 6.15. The molecular weight excluding hydrogens is 455 g/mol. The molecule has 1 unspecified atom stereocenters. The van der Waals surface area contributed by atoms with Gasteiger partial charge in [0.2, 0.25) is 5.95 Å². The van der Waals surface area contributed by atoms with Gasteiger partial charge in [-0.15, -0.1) is 24.0 Å². The Morgan fingerprint density at radius 1 is 1.11 bits per heavy atom. The molecule has 3 rings (SSSR count). The Morgan fingerprint density at radius 3 is 2.48 bits per heavy atom. The summed E-state index contributed by atoms with van der Waals surface area (Å²) in [6, 6.07) is 2.34. The summed E-state index contributed by atoms with van der Waals surface area (Å²) in [6.45, 7) is 10.9. The Kier molecular flexibility index (Phi) is 8.97. The molecule has 0 aromatic carbocycles. The average Bonchev–Trinajstić information content (AvgIpc) is 2.68. The number of aromatic nitrogens is 2. The zero-order valence-electron chi connectivity index (χ0n) is 16.7. The molecule has 9 heteroatoms. The van der Waals surface area contributed by atoms with Crippen molar-refractivity contribution in [2.45, 2.75) is 13.0 Å². The molecule has 1 aromatic rings. The Bertz CT molecular complexity index is 576. The van der Waals surface area contributed by atoms with Gasteiger partial charge < -0.3 is 20.0 Å². The van der Waals surface area contributed by atoms with Gasteiger partial charge in [0.1, 0.15) is 0 Å². The number of likely N-dealkylation sites (N-methyl/N-ethyl adjacent to an activating group) is 2. The van der Waals surface area contributed by atoms with E-state index in [9.17, 15) is 0 Å². The molecule has 3 heterocycles. The fraction of sp³-hybridized carbons (Fsp3) is 0.722. The minimum atomic E-state index is 0. The maximum absolute atomic E-state index is 4.96. The van der Waals surface area contributed by atoms with Crippen molar-refractivity contribution >= 4 is 35.9 Å². The van der Waals surface area contributed by atoms with Gasteiger partial charge in [0.15, 0.2) is 5.96 Å². The van der Waals surface area contributed by atoms with Crippen LogP contribution in [-0.2, 0) is 0 Å². The van der Waals surface area contributed by atoms with E-state index in [4.69, 9.17) is 4.99 Å². The van der Waals surface area contributed by atoms with E-state index >= 15 is 0 Å². The molecule has 2 fully saturated rings. The Morgan fingerprint density at radius 2 is 1.81 bits per heavy atom. The molecule has 1 aromatic heterocycles. The van der Waals surface area contributed by atoms with E-state index in [1.807, 2.05) is 6.07 Å². The highest BCUT2D eigenvalue weighted by molar-refractivity contribution is 14.0. The van der Waals surface area contributed by atoms with Crippen molar-refractivity contribution in [1.29, 1.82) is 0 Å². The quantitative estimate of drug-likeness (QED) is 0.375. The molecule has 0 spiro atoms. The second-order valence-corrected chi connectivity index (χ2v) is 7.11. The molecule has 2 aliphatic heterocycles. The molecule has 0 saturated carbocycles. The predicted molar refractivity (Wildman–Crippen MR) is 121 cm³/mol. The van der Waals surface area contributed by atoms with E-state index in [2.05, 4.69) is 55.9 Å². The molecule has 27 heavy (non-hydrogen) atoms. The summed E-state index contributed by atoms with van der Waals surface area (Å²) in [5.74, 6) is 1.85. The van der Waals surface area contributed by atoms with Crippen LogP contribution in [0.5, 0.6) is 0 Å². The number of rotatable bonds is 4. The highest BCUT2D eigenvalue weighted by atomic mass is 127. The van der Waals surface area contributed by atoms with Gasteiger partial charge in [0.05, 0.1) is 6.54 Å². The third-order valence-electron chi connectivity index (χ3n) is 5.18. The maximum atomic E-state index is 4.96. The van der Waals surface area contributed by atoms with Crippen LogP contribution in [0.2, 0.25) is 0 Å². The van der Waals surface area contributed by atoms with Gasteiger partial charge in [-0.25, -0.2) is 9.97 Å². The molecule has 0 amide bonds. The summed E-state index contributed by atoms with van der Waals surface area (Å²) in [6.07, 6.45) is 3.61. The molecule has 1 atom stereocenters. The van der Waals surface area contributed by atoms with Crippen molar-refractivity contribution in [3.05, 3.63) is 18.5 Å². The third-order valence-corrected chi connectivity index (χ3v) is 5.18. The molecule has 0 bridgehead atoms. The van der Waals surface area contributed by atoms with E-state index in [0.29, 0.717) is 6.04 Å². The smallest absolute Gasteiger partial charge is 0.225 e. The lowest BCUT2D eigenvalue weighted by Crippen LogP contribution is -2.54. The first-order valence-corrected chi connectivity index (χ1v) is 9.61. The average molecular weight is 488 g/mol. The van der Waals surface area contributed by atoms with Gasteiger partial charge in [0.25, 0.3) is 0 Å². The lowest BCUT2D eigenvalue weighted by molar-refractivity contribution is 0.119. The van der Waals surface area contributed by atoms with Crippen molar-refractivity contribution < 1.29 is 0 Å². The van der Waals surface area contributed by atoms with Crippen molar-refractivity contribution in [2.75, 3.05) is 77.9 Å². The number of piperazine rings is 2. The van der Waals surface area contributed by atoms with Crippen molar-refractivity contribution in [1.82, 2.24) is 30.0 Å². The number of anilines is 1. The Labute approximate surface area is 180 Å². The summed E-state index contributed by atoms with van der Waals surface area (Å²) in [5, 5.41) is 3.47. The fourth-order valence-electron chi connectivity index (χ4n) is 3.49. The van der Waals surface area contributed by atoms with Gasteiger partial charge in [-0.05, 0) is 27.1 Å². The normalized spacial score (nSPS) is 22.5. The number of hydrogen-bond acceptors (Lipinski definition) is 6. The number of guanidine groups is 1. The lowest BCUT2D eigenvalue weighted by Gasteiger charge is -2.38. The predicted octanol–water partition coefficient (Wildman–Crippen LogP) is 0.428. The molecule has 0 aliphatic carbocycles. The van der Waals surface area contributed by atoms with E-state index < -0.39 is 0 Å². The van der Waals surface area contributed by atoms with Crippen LogP contribution in [0.1, 0.15) is 6.92 Å². The van der Waals surface area contributed by atoms with Crippen LogP contribution < -0.4 is 10.2 Å². The SMILES string of the molecule is CCNC(=NCC1CN(C)CCN1C)N1CCN(c2ncccn2)CC1.I. The van der Waals surface area contributed by atoms with Crippen LogP contribution in [-0.4, -0.2) is 110 Å². The largest absolute Gasteiger partial charge is 0.357 e. The van der Waals surface area contributed by atoms with Crippen molar-refractivity contribution in [2.24, 2.45) is 4.99 Å². The molecule has 2 aliphatic rings. The minimum absolute atomic E-state index is 0. The zero-order valence-corrected chi connectivity index (χ0v) is 19.0. The van der Waals surface area contributed by atoms with Crippen LogP contribution in [0.25, 0.3) is 0 Å². The first-order chi connectivity index (χ1) is 12.7. The highest BCUT2D eigenvalue weighted by Crippen LogP contribution is 2.11. The molecule has 8 nitrogen and oxygen atoms in total. The maximum Gasteiger partial charge on any atom is 0.225 e. The standard InChI is InChI=1S/C18H32N8.HI/c1-4-19-17(22-14-16-15-23(2)8-9-24(16)3)25-10-12-26(13-11-25)18-20-6-5-7-21-18;/h5-7,16H,4,8-15H2,1-3H3,(H,19,22);1H. The molecule has 1 N–H and O–H groups in total. The first-order valence-electron chi connectivity index (χ1n) is 9.61. The summed E-state index contributed by atoms with van der Waals surface area (Å²) in [5.41, 5.74) is 0. The van der Waals surface area contributed by atoms with Gasteiger partial charge >= 0.3 is 0 Å². The van der Waals surface area contributed by atoms with Crippen molar-refractivity contribution in [3.8, 4) is 0 Å². The van der Waals surface area contributed by atoms with Gasteiger partial charge in [-0.1, -0.05) is 0 Å². The van der Waals surface area contributed by atoms with Gasteiger partial charge in [0, 0.05) is 70.8 Å². The summed E-state index contributed by atoms with van der Waals surface area (Å²) < 4.78 is 0. The Balaban J connectivity index is 0.00000261. The lowest BCUT2D eigenvalue weighted by atomic mass is 10.2. The van der Waals surface area contributed by atoms with E-state index in [1.54, 1.807) is 12.4 Å². The van der Waals surface area contributed by atoms with E-state index in [1.165, 1.54) is 0 Å². The number of halogens is 1.